The molecule has 3 atom stereocenters. The smallest absolute Gasteiger partial charge is 0.0177 e. The quantitative estimate of drug-likeness (QED) is 0.847. The lowest BCUT2D eigenvalue weighted by Gasteiger charge is -2.46. The standard InChI is InChI=1S/C18H34N2/c1-13(2)20-10-7-15(8-11-20)19-16-17(3,4)14-6-9-18(16,5)12-14/h13-16,19H,6-12H2,1-5H3. The fourth-order valence-corrected chi connectivity index (χ4v) is 5.54. The molecule has 2 aliphatic carbocycles. The van der Waals surface area contributed by atoms with Crippen LogP contribution in [0, 0.1) is 16.7 Å². The molecular weight excluding hydrogens is 244 g/mol. The van der Waals surface area contributed by atoms with Gasteiger partial charge in [-0.15, -0.1) is 0 Å². The summed E-state index contributed by atoms with van der Waals surface area (Å²) in [5, 5.41) is 4.11. The number of fused-ring (bicyclic) bond motifs is 2. The van der Waals surface area contributed by atoms with Crippen LogP contribution in [-0.2, 0) is 0 Å². The molecule has 3 rings (SSSR count). The summed E-state index contributed by atoms with van der Waals surface area (Å²) in [6.07, 6.45) is 7.05. The average molecular weight is 278 g/mol. The van der Waals surface area contributed by atoms with Crippen molar-refractivity contribution in [2.24, 2.45) is 16.7 Å². The van der Waals surface area contributed by atoms with Crippen LogP contribution in [0.4, 0.5) is 0 Å². The van der Waals surface area contributed by atoms with Gasteiger partial charge in [-0.2, -0.15) is 0 Å². The van der Waals surface area contributed by atoms with Crippen LogP contribution >= 0.6 is 0 Å². The third-order valence-electron chi connectivity index (χ3n) is 6.93. The highest BCUT2D eigenvalue weighted by molar-refractivity contribution is 5.12. The molecule has 1 saturated heterocycles. The van der Waals surface area contributed by atoms with Crippen molar-refractivity contribution < 1.29 is 0 Å². The van der Waals surface area contributed by atoms with E-state index in [4.69, 9.17) is 0 Å². The Kier molecular flexibility index (Phi) is 3.70. The Hall–Kier alpha value is -0.0800. The second kappa shape index (κ2) is 4.98. The van der Waals surface area contributed by atoms with Crippen molar-refractivity contribution in [1.82, 2.24) is 10.2 Å². The van der Waals surface area contributed by atoms with Gasteiger partial charge >= 0.3 is 0 Å². The van der Waals surface area contributed by atoms with E-state index < -0.39 is 0 Å². The monoisotopic (exact) mass is 278 g/mol. The minimum atomic E-state index is 0.502. The third kappa shape index (κ3) is 2.33. The van der Waals surface area contributed by atoms with Crippen LogP contribution in [0.2, 0.25) is 0 Å². The Labute approximate surface area is 125 Å². The van der Waals surface area contributed by atoms with Crippen molar-refractivity contribution in [3.05, 3.63) is 0 Å². The molecule has 3 aliphatic rings. The van der Waals surface area contributed by atoms with Crippen molar-refractivity contribution in [1.29, 1.82) is 0 Å². The maximum atomic E-state index is 4.11. The Bertz CT molecular complexity index is 350. The summed E-state index contributed by atoms with van der Waals surface area (Å²) in [4.78, 5) is 2.63. The normalized spacial score (nSPS) is 41.7. The molecule has 0 aromatic heterocycles. The van der Waals surface area contributed by atoms with E-state index in [-0.39, 0.29) is 0 Å². The molecule has 0 aromatic rings. The second-order valence-corrected chi connectivity index (χ2v) is 8.92. The number of hydrogen-bond donors (Lipinski definition) is 1. The molecule has 2 bridgehead atoms. The van der Waals surface area contributed by atoms with E-state index in [0.717, 1.165) is 18.0 Å². The molecule has 1 N–H and O–H groups in total. The lowest BCUT2D eigenvalue weighted by Crippen LogP contribution is -2.56. The van der Waals surface area contributed by atoms with Crippen molar-refractivity contribution in [3.63, 3.8) is 0 Å². The van der Waals surface area contributed by atoms with Gasteiger partial charge in [-0.05, 0) is 75.8 Å². The molecule has 0 aromatic carbocycles. The first kappa shape index (κ1) is 14.8. The molecule has 3 unspecified atom stereocenters. The van der Waals surface area contributed by atoms with Gasteiger partial charge in [0.2, 0.25) is 0 Å². The van der Waals surface area contributed by atoms with Crippen LogP contribution in [0.25, 0.3) is 0 Å². The SMILES string of the molecule is CC(C)N1CCC(NC2C3(C)CCC(C3)C2(C)C)CC1. The molecule has 1 aliphatic heterocycles. The highest BCUT2D eigenvalue weighted by Crippen LogP contribution is 2.62. The summed E-state index contributed by atoms with van der Waals surface area (Å²) < 4.78 is 0. The van der Waals surface area contributed by atoms with Gasteiger partial charge in [0.1, 0.15) is 0 Å². The van der Waals surface area contributed by atoms with Gasteiger partial charge in [0, 0.05) is 18.1 Å². The van der Waals surface area contributed by atoms with Crippen LogP contribution in [0.5, 0.6) is 0 Å². The Balaban J connectivity index is 1.61. The van der Waals surface area contributed by atoms with E-state index in [1.54, 1.807) is 0 Å². The van der Waals surface area contributed by atoms with Crippen LogP contribution < -0.4 is 5.32 Å². The fourth-order valence-electron chi connectivity index (χ4n) is 5.54. The van der Waals surface area contributed by atoms with E-state index in [2.05, 4.69) is 44.8 Å². The number of nitrogens with zero attached hydrogens (tertiary/aromatic N) is 1. The molecule has 0 radical (unpaired) electrons. The van der Waals surface area contributed by atoms with Crippen LogP contribution in [0.3, 0.4) is 0 Å². The molecule has 0 amide bonds. The van der Waals surface area contributed by atoms with E-state index in [1.807, 2.05) is 0 Å². The van der Waals surface area contributed by atoms with Gasteiger partial charge < -0.3 is 10.2 Å². The first-order valence-corrected chi connectivity index (χ1v) is 8.83. The first-order chi connectivity index (χ1) is 9.33. The van der Waals surface area contributed by atoms with Gasteiger partial charge in [0.25, 0.3) is 0 Å². The molecule has 116 valence electrons. The van der Waals surface area contributed by atoms with Gasteiger partial charge in [-0.1, -0.05) is 20.8 Å². The summed E-state index contributed by atoms with van der Waals surface area (Å²) >= 11 is 0. The zero-order valence-corrected chi connectivity index (χ0v) is 14.2. The van der Waals surface area contributed by atoms with E-state index >= 15 is 0 Å². The van der Waals surface area contributed by atoms with Gasteiger partial charge in [-0.3, -0.25) is 0 Å². The van der Waals surface area contributed by atoms with Crippen molar-refractivity contribution in [2.75, 3.05) is 13.1 Å². The second-order valence-electron chi connectivity index (χ2n) is 8.92. The molecule has 0 spiro atoms. The average Bonchev–Trinajstić information content (AvgIpc) is 2.86. The van der Waals surface area contributed by atoms with Crippen LogP contribution in [0.15, 0.2) is 0 Å². The summed E-state index contributed by atoms with van der Waals surface area (Å²) in [5.74, 6) is 0.959. The fraction of sp³-hybridized carbons (Fsp3) is 1.00. The van der Waals surface area contributed by atoms with E-state index in [0.29, 0.717) is 16.9 Å². The zero-order valence-electron chi connectivity index (χ0n) is 14.2. The van der Waals surface area contributed by atoms with Crippen molar-refractivity contribution in [2.45, 2.75) is 84.8 Å². The molecular formula is C18H34N2. The predicted octanol–water partition coefficient (Wildman–Crippen LogP) is 3.66. The minimum absolute atomic E-state index is 0.502. The van der Waals surface area contributed by atoms with Gasteiger partial charge in [0.05, 0.1) is 0 Å². The molecule has 2 saturated carbocycles. The molecule has 3 fully saturated rings. The molecule has 2 nitrogen and oxygen atoms in total. The lowest BCUT2D eigenvalue weighted by molar-refractivity contribution is 0.0788. The molecule has 2 heteroatoms. The summed E-state index contributed by atoms with van der Waals surface area (Å²) in [6.45, 7) is 14.8. The highest BCUT2D eigenvalue weighted by atomic mass is 15.2. The van der Waals surface area contributed by atoms with Crippen molar-refractivity contribution >= 4 is 0 Å². The van der Waals surface area contributed by atoms with E-state index in [9.17, 15) is 0 Å². The topological polar surface area (TPSA) is 15.3 Å². The maximum Gasteiger partial charge on any atom is 0.0177 e. The van der Waals surface area contributed by atoms with E-state index in [1.165, 1.54) is 45.2 Å². The Morgan fingerprint density at radius 1 is 1.05 bits per heavy atom. The van der Waals surface area contributed by atoms with Crippen LogP contribution in [-0.4, -0.2) is 36.1 Å². The third-order valence-corrected chi connectivity index (χ3v) is 6.93. The van der Waals surface area contributed by atoms with Gasteiger partial charge in [-0.25, -0.2) is 0 Å². The van der Waals surface area contributed by atoms with Gasteiger partial charge in [0.15, 0.2) is 0 Å². The predicted molar refractivity (Wildman–Crippen MR) is 85.9 cm³/mol. The maximum absolute atomic E-state index is 4.11. The first-order valence-electron chi connectivity index (χ1n) is 8.83. The number of nitrogens with one attached hydrogen (secondary N) is 1. The number of rotatable bonds is 3. The number of likely N-dealkylation sites (tertiary alicyclic amines) is 1. The number of piperidine rings is 1. The summed E-state index contributed by atoms with van der Waals surface area (Å²) in [6, 6.07) is 2.21. The molecule has 20 heavy (non-hydrogen) atoms. The Morgan fingerprint density at radius 2 is 1.70 bits per heavy atom. The summed E-state index contributed by atoms with van der Waals surface area (Å²) in [7, 11) is 0. The summed E-state index contributed by atoms with van der Waals surface area (Å²) in [5.41, 5.74) is 1.07. The van der Waals surface area contributed by atoms with Crippen molar-refractivity contribution in [3.8, 4) is 0 Å². The zero-order chi connectivity index (χ0) is 14.5. The van der Waals surface area contributed by atoms with Crippen LogP contribution in [0.1, 0.15) is 66.7 Å². The number of hydrogen-bond acceptors (Lipinski definition) is 2. The molecule has 1 heterocycles. The largest absolute Gasteiger partial charge is 0.310 e. The minimum Gasteiger partial charge on any atom is -0.310 e. The lowest BCUT2D eigenvalue weighted by atomic mass is 9.68. The Morgan fingerprint density at radius 3 is 2.20 bits per heavy atom. The highest BCUT2D eigenvalue weighted by Gasteiger charge is 2.59.